The third-order valence-corrected chi connectivity index (χ3v) is 3.54. The van der Waals surface area contributed by atoms with Crippen LogP contribution in [0.4, 0.5) is 0 Å². The highest BCUT2D eigenvalue weighted by Crippen LogP contribution is 2.12. The summed E-state index contributed by atoms with van der Waals surface area (Å²) in [6.07, 6.45) is 2.55. The Hall–Kier alpha value is -2.28. The van der Waals surface area contributed by atoms with Gasteiger partial charge in [0.2, 0.25) is 0 Å². The Labute approximate surface area is 139 Å². The fourth-order valence-electron chi connectivity index (χ4n) is 2.11. The van der Waals surface area contributed by atoms with Crippen molar-refractivity contribution in [2.24, 2.45) is 5.92 Å². The second-order valence-corrected chi connectivity index (χ2v) is 6.32. The molecule has 0 radical (unpaired) electrons. The first-order valence-electron chi connectivity index (χ1n) is 8.14. The zero-order valence-corrected chi connectivity index (χ0v) is 14.5. The molecule has 4 heteroatoms. The van der Waals surface area contributed by atoms with Gasteiger partial charge in [0, 0.05) is 25.3 Å². The highest BCUT2D eigenvalue weighted by molar-refractivity contribution is 5.97. The normalized spacial score (nSPS) is 11.4. The molecule has 4 nitrogen and oxygen atoms in total. The van der Waals surface area contributed by atoms with Crippen LogP contribution < -0.4 is 5.32 Å². The molecule has 0 aromatic heterocycles. The summed E-state index contributed by atoms with van der Waals surface area (Å²) in [7, 11) is 0. The van der Waals surface area contributed by atoms with Crippen LogP contribution in [0.1, 0.15) is 39.7 Å². The van der Waals surface area contributed by atoms with E-state index in [1.54, 1.807) is 11.1 Å². The molecule has 124 valence electrons. The van der Waals surface area contributed by atoms with E-state index in [0.29, 0.717) is 12.5 Å². The van der Waals surface area contributed by atoms with Gasteiger partial charge in [-0.1, -0.05) is 44.2 Å². The first-order chi connectivity index (χ1) is 11.0. The molecule has 0 aliphatic rings. The summed E-state index contributed by atoms with van der Waals surface area (Å²) in [5.41, 5.74) is 1.21. The van der Waals surface area contributed by atoms with E-state index in [9.17, 15) is 10.1 Å². The number of amides is 1. The molecule has 1 aromatic carbocycles. The molecule has 23 heavy (non-hydrogen) atoms. The fourth-order valence-corrected chi connectivity index (χ4v) is 2.11. The zero-order chi connectivity index (χ0) is 17.2. The summed E-state index contributed by atoms with van der Waals surface area (Å²) in [5.74, 6) is 0.353. The second-order valence-electron chi connectivity index (χ2n) is 6.32. The number of nitriles is 1. The average Bonchev–Trinajstić information content (AvgIpc) is 2.52. The summed E-state index contributed by atoms with van der Waals surface area (Å²) >= 11 is 0. The summed E-state index contributed by atoms with van der Waals surface area (Å²) in [4.78, 5) is 14.4. The third kappa shape index (κ3) is 6.56. The van der Waals surface area contributed by atoms with Gasteiger partial charge in [-0.3, -0.25) is 4.79 Å². The Kier molecular flexibility index (Phi) is 7.90. The van der Waals surface area contributed by atoms with Crippen LogP contribution in [0.5, 0.6) is 0 Å². The first-order valence-corrected chi connectivity index (χ1v) is 8.14. The predicted octanol–water partition coefficient (Wildman–Crippen LogP) is 3.47. The minimum atomic E-state index is -0.233. The largest absolute Gasteiger partial charge is 0.390 e. The molecule has 0 atom stereocenters. The van der Waals surface area contributed by atoms with Crippen molar-refractivity contribution in [2.45, 2.75) is 46.7 Å². The maximum absolute atomic E-state index is 12.6. The third-order valence-electron chi connectivity index (χ3n) is 3.54. The van der Waals surface area contributed by atoms with Crippen LogP contribution in [0.15, 0.2) is 42.1 Å². The van der Waals surface area contributed by atoms with Crippen molar-refractivity contribution in [3.8, 4) is 6.07 Å². The van der Waals surface area contributed by atoms with Gasteiger partial charge in [0.1, 0.15) is 11.6 Å². The smallest absolute Gasteiger partial charge is 0.266 e. The van der Waals surface area contributed by atoms with Crippen molar-refractivity contribution in [3.05, 3.63) is 47.7 Å². The molecule has 0 heterocycles. The molecule has 0 spiro atoms. The number of carbonyl (C=O) groups excluding carboxylic acids is 1. The summed E-state index contributed by atoms with van der Waals surface area (Å²) in [6.45, 7) is 9.47. The van der Waals surface area contributed by atoms with Crippen LogP contribution in [-0.2, 0) is 11.3 Å². The van der Waals surface area contributed by atoms with E-state index in [1.807, 2.05) is 50.2 Å². The number of nitrogens with zero attached hydrogens (tertiary/aromatic N) is 2. The number of nitrogens with one attached hydrogen (secondary N) is 1. The molecule has 0 aliphatic carbocycles. The van der Waals surface area contributed by atoms with Gasteiger partial charge in [-0.05, 0) is 31.7 Å². The van der Waals surface area contributed by atoms with Gasteiger partial charge in [0.15, 0.2) is 0 Å². The maximum atomic E-state index is 12.6. The molecular formula is C19H27N3O. The maximum Gasteiger partial charge on any atom is 0.266 e. The SMILES string of the molecule is CC(C)CCN/C=C(/C#N)C(=O)N(Cc1ccccc1)C(C)C. The average molecular weight is 313 g/mol. The van der Waals surface area contributed by atoms with Crippen molar-refractivity contribution in [2.75, 3.05) is 6.54 Å². The Morgan fingerprint density at radius 3 is 2.43 bits per heavy atom. The topological polar surface area (TPSA) is 56.1 Å². The van der Waals surface area contributed by atoms with Gasteiger partial charge >= 0.3 is 0 Å². The molecule has 0 fully saturated rings. The summed E-state index contributed by atoms with van der Waals surface area (Å²) < 4.78 is 0. The fraction of sp³-hybridized carbons (Fsp3) is 0.474. The number of benzene rings is 1. The van der Waals surface area contributed by atoms with Crippen LogP contribution in [0.3, 0.4) is 0 Å². The molecule has 1 aromatic rings. The molecule has 0 unspecified atom stereocenters. The lowest BCUT2D eigenvalue weighted by Crippen LogP contribution is -2.37. The monoisotopic (exact) mass is 313 g/mol. The highest BCUT2D eigenvalue weighted by Gasteiger charge is 2.21. The Balaban J connectivity index is 2.78. The van der Waals surface area contributed by atoms with Crippen molar-refractivity contribution >= 4 is 5.91 Å². The number of hydrogen-bond acceptors (Lipinski definition) is 3. The van der Waals surface area contributed by atoms with Crippen molar-refractivity contribution in [1.29, 1.82) is 5.26 Å². The Bertz CT molecular complexity index is 556. The summed E-state index contributed by atoms with van der Waals surface area (Å²) in [6, 6.07) is 11.9. The molecule has 0 aliphatic heterocycles. The standard InChI is InChI=1S/C19H27N3O/c1-15(2)10-11-21-13-18(12-20)19(23)22(16(3)4)14-17-8-6-5-7-9-17/h5-9,13,15-16,21H,10-11,14H2,1-4H3/b18-13-. The Morgan fingerprint density at radius 1 is 1.26 bits per heavy atom. The van der Waals surface area contributed by atoms with Gasteiger partial charge in [0.25, 0.3) is 5.91 Å². The van der Waals surface area contributed by atoms with E-state index in [-0.39, 0.29) is 17.5 Å². The highest BCUT2D eigenvalue weighted by atomic mass is 16.2. The Morgan fingerprint density at radius 2 is 1.91 bits per heavy atom. The van der Waals surface area contributed by atoms with E-state index in [1.165, 1.54) is 0 Å². The van der Waals surface area contributed by atoms with Crippen LogP contribution in [-0.4, -0.2) is 23.4 Å². The lowest BCUT2D eigenvalue weighted by Gasteiger charge is -2.26. The van der Waals surface area contributed by atoms with E-state index < -0.39 is 0 Å². The van der Waals surface area contributed by atoms with Gasteiger partial charge in [0.05, 0.1) is 0 Å². The van der Waals surface area contributed by atoms with E-state index >= 15 is 0 Å². The van der Waals surface area contributed by atoms with Crippen molar-refractivity contribution < 1.29 is 4.79 Å². The number of carbonyl (C=O) groups is 1. The second kappa shape index (κ2) is 9.68. The molecule has 0 bridgehead atoms. The minimum absolute atomic E-state index is 0.0233. The van der Waals surface area contributed by atoms with Crippen LogP contribution in [0.2, 0.25) is 0 Å². The van der Waals surface area contributed by atoms with Crippen LogP contribution in [0.25, 0.3) is 0 Å². The van der Waals surface area contributed by atoms with Gasteiger partial charge < -0.3 is 10.2 Å². The van der Waals surface area contributed by atoms with E-state index in [0.717, 1.165) is 18.5 Å². The molecule has 1 amide bonds. The zero-order valence-electron chi connectivity index (χ0n) is 14.5. The van der Waals surface area contributed by atoms with E-state index in [2.05, 4.69) is 19.2 Å². The van der Waals surface area contributed by atoms with Crippen LogP contribution >= 0.6 is 0 Å². The van der Waals surface area contributed by atoms with Gasteiger partial charge in [-0.25, -0.2) is 0 Å². The van der Waals surface area contributed by atoms with Crippen LogP contribution in [0, 0.1) is 17.2 Å². The quantitative estimate of drug-likeness (QED) is 0.454. The van der Waals surface area contributed by atoms with Gasteiger partial charge in [-0.2, -0.15) is 5.26 Å². The molecule has 0 saturated heterocycles. The lowest BCUT2D eigenvalue weighted by atomic mass is 10.1. The predicted molar refractivity (Wildman–Crippen MR) is 93.3 cm³/mol. The molecule has 1 rings (SSSR count). The first kappa shape index (κ1) is 18.8. The van der Waals surface area contributed by atoms with Crippen molar-refractivity contribution in [3.63, 3.8) is 0 Å². The molecule has 1 N–H and O–H groups in total. The minimum Gasteiger partial charge on any atom is -0.390 e. The number of rotatable bonds is 8. The van der Waals surface area contributed by atoms with Gasteiger partial charge in [-0.15, -0.1) is 0 Å². The van der Waals surface area contributed by atoms with Crippen molar-refractivity contribution in [1.82, 2.24) is 10.2 Å². The summed E-state index contributed by atoms with van der Waals surface area (Å²) in [5, 5.41) is 12.4. The lowest BCUT2D eigenvalue weighted by molar-refractivity contribution is -0.129. The molecule has 0 saturated carbocycles. The van der Waals surface area contributed by atoms with E-state index in [4.69, 9.17) is 0 Å². The number of hydrogen-bond donors (Lipinski definition) is 1. The molecular weight excluding hydrogens is 286 g/mol.